The van der Waals surface area contributed by atoms with Crippen LogP contribution in [-0.2, 0) is 11.4 Å². The van der Waals surface area contributed by atoms with Crippen molar-refractivity contribution in [2.75, 3.05) is 5.32 Å². The number of carbonyl (C=O) groups is 1. The van der Waals surface area contributed by atoms with Crippen LogP contribution in [0.5, 0.6) is 11.5 Å². The third kappa shape index (κ3) is 4.51. The number of halogens is 3. The number of hydrogen-bond acceptors (Lipinski definition) is 4. The fourth-order valence-corrected chi connectivity index (χ4v) is 3.01. The summed E-state index contributed by atoms with van der Waals surface area (Å²) in [5, 5.41) is 10.1. The number of aromatic amines is 1. The maximum Gasteiger partial charge on any atom is 0.266 e. The monoisotopic (exact) mass is 441 g/mol. The molecule has 0 spiro atoms. The van der Waals surface area contributed by atoms with Gasteiger partial charge < -0.3 is 14.8 Å². The molecule has 6 nitrogen and oxygen atoms in total. The van der Waals surface area contributed by atoms with Gasteiger partial charge in [0.2, 0.25) is 0 Å². The van der Waals surface area contributed by atoms with Crippen molar-refractivity contribution in [3.63, 3.8) is 0 Å². The van der Waals surface area contributed by atoms with E-state index in [4.69, 9.17) is 9.47 Å². The van der Waals surface area contributed by atoms with Crippen molar-refractivity contribution in [3.8, 4) is 11.5 Å². The topological polar surface area (TPSA) is 76.2 Å². The molecule has 4 aromatic rings. The number of para-hydroxylation sites is 1. The quantitative estimate of drug-likeness (QED) is 0.397. The third-order valence-electron chi connectivity index (χ3n) is 4.72. The number of aromatic nitrogens is 2. The van der Waals surface area contributed by atoms with E-state index in [0.717, 1.165) is 6.07 Å². The molecule has 1 aromatic heterocycles. The maximum absolute atomic E-state index is 13.8. The summed E-state index contributed by atoms with van der Waals surface area (Å²) in [6.45, 7) is 1.09. The average molecular weight is 441 g/mol. The van der Waals surface area contributed by atoms with Crippen LogP contribution in [0.3, 0.4) is 0 Å². The molecule has 0 aliphatic rings. The molecule has 0 radical (unpaired) electrons. The van der Waals surface area contributed by atoms with Crippen LogP contribution >= 0.6 is 0 Å². The zero-order valence-electron chi connectivity index (χ0n) is 16.9. The van der Waals surface area contributed by atoms with Crippen molar-refractivity contribution in [2.24, 2.45) is 0 Å². The Morgan fingerprint density at radius 1 is 1.03 bits per heavy atom. The van der Waals surface area contributed by atoms with Gasteiger partial charge in [-0.2, -0.15) is 5.10 Å². The Bertz CT molecular complexity index is 1260. The normalized spacial score (nSPS) is 11.9. The lowest BCUT2D eigenvalue weighted by molar-refractivity contribution is -0.122. The van der Waals surface area contributed by atoms with Gasteiger partial charge in [0.15, 0.2) is 23.6 Å². The molecule has 3 aromatic carbocycles. The van der Waals surface area contributed by atoms with Gasteiger partial charge in [-0.1, -0.05) is 18.2 Å². The summed E-state index contributed by atoms with van der Waals surface area (Å²) in [5.74, 6) is -2.74. The van der Waals surface area contributed by atoms with Gasteiger partial charge in [-0.15, -0.1) is 0 Å². The summed E-state index contributed by atoms with van der Waals surface area (Å²) in [5.41, 5.74) is 0.0881. The van der Waals surface area contributed by atoms with Gasteiger partial charge in [-0.25, -0.2) is 13.2 Å². The molecule has 0 bridgehead atoms. The van der Waals surface area contributed by atoms with Gasteiger partial charge >= 0.3 is 0 Å². The number of hydrogen-bond donors (Lipinski definition) is 2. The summed E-state index contributed by atoms with van der Waals surface area (Å²) in [4.78, 5) is 12.5. The highest BCUT2D eigenvalue weighted by molar-refractivity contribution is 6.01. The van der Waals surface area contributed by atoms with E-state index in [-0.39, 0.29) is 11.6 Å². The van der Waals surface area contributed by atoms with Crippen LogP contribution in [0.4, 0.5) is 19.0 Å². The summed E-state index contributed by atoms with van der Waals surface area (Å²) >= 11 is 0. The van der Waals surface area contributed by atoms with E-state index in [0.29, 0.717) is 22.7 Å². The first kappa shape index (κ1) is 21.2. The molecule has 32 heavy (non-hydrogen) atoms. The van der Waals surface area contributed by atoms with Crippen molar-refractivity contribution in [1.29, 1.82) is 0 Å². The highest BCUT2D eigenvalue weighted by Gasteiger charge is 2.18. The average Bonchev–Trinajstić information content (AvgIpc) is 3.19. The number of amides is 1. The number of benzene rings is 3. The number of anilines is 1. The van der Waals surface area contributed by atoms with Crippen LogP contribution < -0.4 is 14.8 Å². The highest BCUT2D eigenvalue weighted by Crippen LogP contribution is 2.27. The molecule has 1 amide bonds. The summed E-state index contributed by atoms with van der Waals surface area (Å²) in [6, 6.07) is 15.2. The molecule has 0 aliphatic heterocycles. The first-order valence-electron chi connectivity index (χ1n) is 9.68. The third-order valence-corrected chi connectivity index (χ3v) is 4.72. The fourth-order valence-electron chi connectivity index (χ4n) is 3.01. The first-order chi connectivity index (χ1) is 15.4. The minimum Gasteiger partial charge on any atom is -0.489 e. The van der Waals surface area contributed by atoms with Gasteiger partial charge in [-0.3, -0.25) is 9.89 Å². The molecule has 9 heteroatoms. The fraction of sp³-hybridized carbons (Fsp3) is 0.130. The summed E-state index contributed by atoms with van der Waals surface area (Å²) < 4.78 is 52.1. The molecular weight excluding hydrogens is 423 g/mol. The minimum absolute atomic E-state index is 0.238. The second kappa shape index (κ2) is 9.01. The second-order valence-electron chi connectivity index (χ2n) is 6.95. The second-order valence-corrected chi connectivity index (χ2v) is 6.95. The van der Waals surface area contributed by atoms with E-state index < -0.39 is 41.6 Å². The Balaban J connectivity index is 1.48. The van der Waals surface area contributed by atoms with Gasteiger partial charge in [0, 0.05) is 5.39 Å². The number of rotatable bonds is 7. The number of ether oxygens (including phenoxy) is 2. The molecule has 1 unspecified atom stereocenters. The summed E-state index contributed by atoms with van der Waals surface area (Å²) in [6.07, 6.45) is -0.789. The van der Waals surface area contributed by atoms with Crippen LogP contribution in [-0.4, -0.2) is 22.2 Å². The first-order valence-corrected chi connectivity index (χ1v) is 9.68. The number of carbonyl (C=O) groups excluding carboxylic acids is 1. The highest BCUT2D eigenvalue weighted by atomic mass is 19.2. The van der Waals surface area contributed by atoms with Crippen LogP contribution in [0.25, 0.3) is 10.9 Å². The van der Waals surface area contributed by atoms with Gasteiger partial charge in [0.25, 0.3) is 5.91 Å². The molecule has 1 heterocycles. The van der Waals surface area contributed by atoms with E-state index in [9.17, 15) is 18.0 Å². The van der Waals surface area contributed by atoms with Crippen molar-refractivity contribution in [1.82, 2.24) is 10.2 Å². The van der Waals surface area contributed by atoms with E-state index in [1.807, 2.05) is 6.07 Å². The van der Waals surface area contributed by atoms with Crippen molar-refractivity contribution < 1.29 is 27.4 Å². The zero-order valence-corrected chi connectivity index (χ0v) is 16.9. The standard InChI is InChI=1S/C23H18F3N3O3/c1-13(32-14-5-3-2-4-6-14)23(30)27-22-16-11-15(7-10-20(16)28-29-22)31-12-17-18(24)8-9-19(25)21(17)26/h2-11,13H,12H2,1H3,(H2,27,28,29,30). The molecule has 0 fully saturated rings. The van der Waals surface area contributed by atoms with Gasteiger partial charge in [0.1, 0.15) is 23.9 Å². The Kier molecular flexibility index (Phi) is 5.98. The molecule has 0 saturated carbocycles. The molecule has 4 rings (SSSR count). The van der Waals surface area contributed by atoms with E-state index >= 15 is 0 Å². The predicted molar refractivity (Wildman–Crippen MR) is 112 cm³/mol. The van der Waals surface area contributed by atoms with Crippen LogP contribution in [0.2, 0.25) is 0 Å². The van der Waals surface area contributed by atoms with Crippen LogP contribution in [0.15, 0.2) is 60.7 Å². The minimum atomic E-state index is -1.30. The van der Waals surface area contributed by atoms with E-state index in [1.165, 1.54) is 0 Å². The smallest absolute Gasteiger partial charge is 0.266 e. The number of H-pyrrole nitrogens is 1. The maximum atomic E-state index is 13.8. The zero-order chi connectivity index (χ0) is 22.7. The lowest BCUT2D eigenvalue weighted by Crippen LogP contribution is -2.30. The van der Waals surface area contributed by atoms with Crippen LogP contribution in [0.1, 0.15) is 12.5 Å². The lowest BCUT2D eigenvalue weighted by atomic mass is 10.2. The number of nitrogens with zero attached hydrogens (tertiary/aromatic N) is 1. The van der Waals surface area contributed by atoms with Crippen molar-refractivity contribution in [3.05, 3.63) is 83.7 Å². The number of nitrogens with one attached hydrogen (secondary N) is 2. The molecule has 164 valence electrons. The largest absolute Gasteiger partial charge is 0.489 e. The summed E-state index contributed by atoms with van der Waals surface area (Å²) in [7, 11) is 0. The SMILES string of the molecule is CC(Oc1ccccc1)C(=O)Nc1n[nH]c2ccc(OCc3c(F)ccc(F)c3F)cc12. The predicted octanol–water partition coefficient (Wildman–Crippen LogP) is 4.97. The Morgan fingerprint density at radius 2 is 1.78 bits per heavy atom. The Morgan fingerprint density at radius 3 is 2.56 bits per heavy atom. The van der Waals surface area contributed by atoms with E-state index in [1.54, 1.807) is 49.4 Å². The lowest BCUT2D eigenvalue weighted by Gasteiger charge is -2.14. The van der Waals surface area contributed by atoms with Crippen molar-refractivity contribution >= 4 is 22.6 Å². The van der Waals surface area contributed by atoms with Crippen LogP contribution in [0, 0.1) is 17.5 Å². The molecule has 0 saturated heterocycles. The Hall–Kier alpha value is -4.01. The van der Waals surface area contributed by atoms with Gasteiger partial charge in [0.05, 0.1) is 11.1 Å². The Labute approximate surface area is 181 Å². The molecule has 1 atom stereocenters. The van der Waals surface area contributed by atoms with Gasteiger partial charge in [-0.05, 0) is 49.4 Å². The van der Waals surface area contributed by atoms with Crippen molar-refractivity contribution in [2.45, 2.75) is 19.6 Å². The number of fused-ring (bicyclic) bond motifs is 1. The van der Waals surface area contributed by atoms with E-state index in [2.05, 4.69) is 15.5 Å². The molecular formula is C23H18F3N3O3. The molecule has 2 N–H and O–H groups in total. The molecule has 0 aliphatic carbocycles.